The summed E-state index contributed by atoms with van der Waals surface area (Å²) in [5.41, 5.74) is 2.85. The van der Waals surface area contributed by atoms with Crippen molar-refractivity contribution in [1.82, 2.24) is 20.2 Å². The lowest BCUT2D eigenvalue weighted by Gasteiger charge is -2.14. The monoisotopic (exact) mass is 285 g/mol. The third-order valence-corrected chi connectivity index (χ3v) is 3.48. The number of sulfone groups is 1. The average molecular weight is 285 g/mol. The summed E-state index contributed by atoms with van der Waals surface area (Å²) in [6.45, 7) is 1.75. The second-order valence-corrected chi connectivity index (χ2v) is 6.50. The van der Waals surface area contributed by atoms with E-state index >= 15 is 0 Å². The number of hydrogen-bond donors (Lipinski definition) is 4. The van der Waals surface area contributed by atoms with E-state index in [0.29, 0.717) is 16.9 Å². The summed E-state index contributed by atoms with van der Waals surface area (Å²) in [5, 5.41) is 10.2. The molecule has 0 aliphatic carbocycles. The molecule has 0 radical (unpaired) electrons. The Morgan fingerprint density at radius 2 is 2.21 bits per heavy atom. The zero-order chi connectivity index (χ0) is 14.0. The van der Waals surface area contributed by atoms with Crippen molar-refractivity contribution in [3.63, 3.8) is 0 Å². The number of H-pyrrole nitrogens is 1. The number of anilines is 2. The summed E-state index contributed by atoms with van der Waals surface area (Å²) in [6, 6.07) is -0.298. The molecule has 0 saturated carbocycles. The predicted molar refractivity (Wildman–Crippen MR) is 72.3 cm³/mol. The SMILES string of the molecule is CC(CS(C)(=O)=O)Nc1nc(NN)nc2[nH]ncc12. The van der Waals surface area contributed by atoms with E-state index in [1.165, 1.54) is 6.26 Å². The molecule has 2 aromatic rings. The quantitative estimate of drug-likeness (QED) is 0.425. The van der Waals surface area contributed by atoms with E-state index in [1.54, 1.807) is 13.1 Å². The van der Waals surface area contributed by atoms with Crippen molar-refractivity contribution in [2.75, 3.05) is 22.8 Å². The number of nitrogens with one attached hydrogen (secondary N) is 3. The van der Waals surface area contributed by atoms with Gasteiger partial charge in [0.15, 0.2) is 5.65 Å². The lowest BCUT2D eigenvalue weighted by molar-refractivity contribution is 0.598. The molecule has 0 aromatic carbocycles. The molecule has 0 saturated heterocycles. The number of nitrogens with zero attached hydrogens (tertiary/aromatic N) is 3. The average Bonchev–Trinajstić information content (AvgIpc) is 2.74. The van der Waals surface area contributed by atoms with E-state index in [4.69, 9.17) is 5.84 Å². The molecule has 2 heterocycles. The van der Waals surface area contributed by atoms with E-state index in [1.807, 2.05) is 0 Å². The second-order valence-electron chi connectivity index (χ2n) is 4.31. The van der Waals surface area contributed by atoms with Crippen molar-refractivity contribution < 1.29 is 8.42 Å². The number of hydrazine groups is 1. The molecule has 10 heteroatoms. The van der Waals surface area contributed by atoms with Crippen LogP contribution in [0.15, 0.2) is 6.20 Å². The highest BCUT2D eigenvalue weighted by Crippen LogP contribution is 2.20. The number of nitrogen functional groups attached to an aromatic ring is 1. The molecule has 19 heavy (non-hydrogen) atoms. The van der Waals surface area contributed by atoms with Gasteiger partial charge in [0.25, 0.3) is 0 Å². The minimum absolute atomic E-state index is 0.00172. The number of nitrogens with two attached hydrogens (primary N) is 1. The molecule has 9 nitrogen and oxygen atoms in total. The van der Waals surface area contributed by atoms with Crippen LogP contribution in [0.4, 0.5) is 11.8 Å². The molecule has 1 unspecified atom stereocenters. The van der Waals surface area contributed by atoms with Gasteiger partial charge < -0.3 is 5.32 Å². The van der Waals surface area contributed by atoms with Crippen LogP contribution >= 0.6 is 0 Å². The first-order valence-corrected chi connectivity index (χ1v) is 7.57. The van der Waals surface area contributed by atoms with Crippen molar-refractivity contribution in [3.8, 4) is 0 Å². The fraction of sp³-hybridized carbons (Fsp3) is 0.444. The Kier molecular flexibility index (Phi) is 3.53. The van der Waals surface area contributed by atoms with Crippen LogP contribution in [0.1, 0.15) is 6.92 Å². The highest BCUT2D eigenvalue weighted by atomic mass is 32.2. The first kappa shape index (κ1) is 13.5. The zero-order valence-electron chi connectivity index (χ0n) is 10.5. The van der Waals surface area contributed by atoms with Crippen LogP contribution in [0.25, 0.3) is 11.0 Å². The summed E-state index contributed by atoms with van der Waals surface area (Å²) >= 11 is 0. The molecule has 0 aliphatic heterocycles. The topological polar surface area (TPSA) is 139 Å². The highest BCUT2D eigenvalue weighted by molar-refractivity contribution is 7.90. The summed E-state index contributed by atoms with van der Waals surface area (Å²) < 4.78 is 22.5. The first-order chi connectivity index (χ1) is 8.89. The van der Waals surface area contributed by atoms with Crippen LogP contribution in [0.2, 0.25) is 0 Å². The van der Waals surface area contributed by atoms with Gasteiger partial charge in [0.2, 0.25) is 5.95 Å². The maximum absolute atomic E-state index is 11.2. The molecule has 5 N–H and O–H groups in total. The van der Waals surface area contributed by atoms with Gasteiger partial charge in [0.05, 0.1) is 17.3 Å². The van der Waals surface area contributed by atoms with E-state index in [-0.39, 0.29) is 17.7 Å². The fourth-order valence-corrected chi connectivity index (χ4v) is 2.73. The first-order valence-electron chi connectivity index (χ1n) is 5.51. The molecule has 2 rings (SSSR count). The van der Waals surface area contributed by atoms with Gasteiger partial charge >= 0.3 is 0 Å². The Balaban J connectivity index is 2.31. The Morgan fingerprint density at radius 3 is 2.84 bits per heavy atom. The Hall–Kier alpha value is -1.94. The molecule has 1 atom stereocenters. The normalized spacial score (nSPS) is 13.4. The maximum atomic E-state index is 11.2. The Bertz CT molecular complexity index is 681. The number of aromatic nitrogens is 4. The molecule has 2 aromatic heterocycles. The van der Waals surface area contributed by atoms with Crippen molar-refractivity contribution in [2.24, 2.45) is 5.84 Å². The smallest absolute Gasteiger partial charge is 0.241 e. The fourth-order valence-electron chi connectivity index (χ4n) is 1.74. The van der Waals surface area contributed by atoms with Crippen LogP contribution in [-0.4, -0.2) is 46.6 Å². The van der Waals surface area contributed by atoms with Crippen LogP contribution in [0.3, 0.4) is 0 Å². The van der Waals surface area contributed by atoms with Gasteiger partial charge in [-0.05, 0) is 6.92 Å². The van der Waals surface area contributed by atoms with E-state index in [9.17, 15) is 8.42 Å². The van der Waals surface area contributed by atoms with Crippen LogP contribution in [0, 0.1) is 0 Å². The van der Waals surface area contributed by atoms with E-state index < -0.39 is 9.84 Å². The zero-order valence-corrected chi connectivity index (χ0v) is 11.3. The molecular weight excluding hydrogens is 270 g/mol. The lowest BCUT2D eigenvalue weighted by atomic mass is 10.3. The summed E-state index contributed by atoms with van der Waals surface area (Å²) in [4.78, 5) is 8.22. The predicted octanol–water partition coefficient (Wildman–Crippen LogP) is -0.516. The van der Waals surface area contributed by atoms with Crippen LogP contribution in [0.5, 0.6) is 0 Å². The standard InChI is InChI=1S/C9H15N7O2S/c1-5(4-19(2,17)18)12-7-6-3-11-16-8(6)14-9(13-7)15-10/h3,5H,4,10H2,1-2H3,(H3,11,12,13,14,15,16). The summed E-state index contributed by atoms with van der Waals surface area (Å²) in [6.07, 6.45) is 2.75. The Labute approximate surface area is 109 Å². The van der Waals surface area contributed by atoms with Crippen molar-refractivity contribution in [1.29, 1.82) is 0 Å². The lowest BCUT2D eigenvalue weighted by Crippen LogP contribution is -2.26. The number of rotatable bonds is 5. The van der Waals surface area contributed by atoms with Crippen molar-refractivity contribution in [2.45, 2.75) is 13.0 Å². The Morgan fingerprint density at radius 1 is 1.47 bits per heavy atom. The van der Waals surface area contributed by atoms with Crippen LogP contribution in [-0.2, 0) is 9.84 Å². The third-order valence-electron chi connectivity index (χ3n) is 2.37. The molecule has 0 fully saturated rings. The third kappa shape index (κ3) is 3.29. The molecule has 0 amide bonds. The largest absolute Gasteiger partial charge is 0.366 e. The molecule has 0 bridgehead atoms. The number of aromatic amines is 1. The van der Waals surface area contributed by atoms with Gasteiger partial charge in [-0.25, -0.2) is 14.3 Å². The van der Waals surface area contributed by atoms with Gasteiger partial charge in [-0.15, -0.1) is 0 Å². The highest BCUT2D eigenvalue weighted by Gasteiger charge is 2.14. The van der Waals surface area contributed by atoms with Crippen molar-refractivity contribution >= 4 is 32.6 Å². The van der Waals surface area contributed by atoms with Crippen molar-refractivity contribution in [3.05, 3.63) is 6.20 Å². The van der Waals surface area contributed by atoms with Gasteiger partial charge in [-0.2, -0.15) is 15.1 Å². The van der Waals surface area contributed by atoms with E-state index in [2.05, 4.69) is 30.9 Å². The second kappa shape index (κ2) is 4.97. The summed E-state index contributed by atoms with van der Waals surface area (Å²) in [7, 11) is -3.07. The molecule has 0 aliphatic rings. The van der Waals surface area contributed by atoms with Gasteiger partial charge in [0, 0.05) is 12.3 Å². The molecule has 104 valence electrons. The minimum atomic E-state index is -3.07. The van der Waals surface area contributed by atoms with Gasteiger partial charge in [0.1, 0.15) is 15.7 Å². The maximum Gasteiger partial charge on any atom is 0.241 e. The van der Waals surface area contributed by atoms with Gasteiger partial charge in [-0.1, -0.05) is 0 Å². The summed E-state index contributed by atoms with van der Waals surface area (Å²) in [5.74, 6) is 5.97. The van der Waals surface area contributed by atoms with Gasteiger partial charge in [-0.3, -0.25) is 10.5 Å². The minimum Gasteiger partial charge on any atom is -0.366 e. The number of hydrogen-bond acceptors (Lipinski definition) is 8. The molecular formula is C9H15N7O2S. The van der Waals surface area contributed by atoms with Crippen LogP contribution < -0.4 is 16.6 Å². The molecule has 0 spiro atoms. The van der Waals surface area contributed by atoms with E-state index in [0.717, 1.165) is 0 Å². The number of fused-ring (bicyclic) bond motifs is 1.